The van der Waals surface area contributed by atoms with Crippen LogP contribution in [0.25, 0.3) is 11.3 Å². The van der Waals surface area contributed by atoms with E-state index in [4.69, 9.17) is 4.74 Å². The number of hydrogen-bond acceptors (Lipinski definition) is 4. The molecule has 1 aromatic heterocycles. The van der Waals surface area contributed by atoms with Crippen LogP contribution in [0.2, 0.25) is 0 Å². The molecule has 0 bridgehead atoms. The Morgan fingerprint density at radius 3 is 2.67 bits per heavy atom. The van der Waals surface area contributed by atoms with Crippen molar-refractivity contribution in [1.82, 2.24) is 14.9 Å². The number of methoxy groups -OCH3 is 1. The molecule has 3 rings (SSSR count). The number of halogens is 1. The topological polar surface area (TPSA) is 73.2 Å². The van der Waals surface area contributed by atoms with Crippen molar-refractivity contribution in [3.63, 3.8) is 0 Å². The molecule has 7 heteroatoms. The molecule has 0 spiro atoms. The molecule has 0 saturated carbocycles. The Balaban J connectivity index is 1.64. The van der Waals surface area contributed by atoms with E-state index in [1.165, 1.54) is 17.0 Å². The third-order valence-corrected chi connectivity index (χ3v) is 4.70. The SMILES string of the molecule is COc1ccc(Br)c(C(=O)NCCn2cnc(-c3ccccc3)cc2=O)c1. The van der Waals surface area contributed by atoms with Gasteiger partial charge in [0.1, 0.15) is 5.75 Å². The van der Waals surface area contributed by atoms with Gasteiger partial charge in [-0.15, -0.1) is 0 Å². The summed E-state index contributed by atoms with van der Waals surface area (Å²) in [6.07, 6.45) is 1.50. The number of ether oxygens (including phenoxy) is 1. The summed E-state index contributed by atoms with van der Waals surface area (Å²) in [4.78, 5) is 29.0. The second kappa shape index (κ2) is 8.64. The van der Waals surface area contributed by atoms with E-state index in [-0.39, 0.29) is 11.5 Å². The highest BCUT2D eigenvalue weighted by Crippen LogP contribution is 2.22. The van der Waals surface area contributed by atoms with Crippen molar-refractivity contribution in [2.45, 2.75) is 6.54 Å². The van der Waals surface area contributed by atoms with Crippen molar-refractivity contribution in [1.29, 1.82) is 0 Å². The first-order chi connectivity index (χ1) is 13.1. The van der Waals surface area contributed by atoms with Gasteiger partial charge in [0, 0.05) is 29.2 Å². The van der Waals surface area contributed by atoms with Gasteiger partial charge in [0.05, 0.1) is 24.7 Å². The maximum Gasteiger partial charge on any atom is 0.253 e. The summed E-state index contributed by atoms with van der Waals surface area (Å²) in [6.45, 7) is 0.628. The molecule has 0 aliphatic heterocycles. The first-order valence-electron chi connectivity index (χ1n) is 8.32. The molecule has 2 aromatic carbocycles. The van der Waals surface area contributed by atoms with Crippen molar-refractivity contribution >= 4 is 21.8 Å². The van der Waals surface area contributed by atoms with Crippen LogP contribution in [0.5, 0.6) is 5.75 Å². The van der Waals surface area contributed by atoms with Crippen LogP contribution in [0.3, 0.4) is 0 Å². The zero-order valence-corrected chi connectivity index (χ0v) is 16.3. The van der Waals surface area contributed by atoms with Crippen molar-refractivity contribution < 1.29 is 9.53 Å². The Morgan fingerprint density at radius 2 is 1.96 bits per heavy atom. The highest BCUT2D eigenvalue weighted by atomic mass is 79.9. The van der Waals surface area contributed by atoms with E-state index >= 15 is 0 Å². The molecule has 6 nitrogen and oxygen atoms in total. The predicted octanol–water partition coefficient (Wildman–Crippen LogP) is 3.11. The average Bonchev–Trinajstić information content (AvgIpc) is 2.70. The Bertz CT molecular complexity index is 1000. The van der Waals surface area contributed by atoms with Gasteiger partial charge < -0.3 is 10.1 Å². The molecule has 1 N–H and O–H groups in total. The maximum atomic E-state index is 12.3. The third-order valence-electron chi connectivity index (χ3n) is 4.01. The minimum atomic E-state index is -0.248. The lowest BCUT2D eigenvalue weighted by Crippen LogP contribution is -2.31. The number of carbonyl (C=O) groups is 1. The number of hydrogen-bond donors (Lipinski definition) is 1. The second-order valence-corrected chi connectivity index (χ2v) is 6.63. The summed E-state index contributed by atoms with van der Waals surface area (Å²) < 4.78 is 7.28. The van der Waals surface area contributed by atoms with Gasteiger partial charge in [-0.05, 0) is 34.1 Å². The van der Waals surface area contributed by atoms with Gasteiger partial charge in [-0.2, -0.15) is 0 Å². The predicted molar refractivity (Wildman–Crippen MR) is 107 cm³/mol. The number of rotatable bonds is 6. The van der Waals surface area contributed by atoms with Crippen LogP contribution in [0, 0.1) is 0 Å². The van der Waals surface area contributed by atoms with Gasteiger partial charge in [-0.1, -0.05) is 30.3 Å². The van der Waals surface area contributed by atoms with E-state index in [9.17, 15) is 9.59 Å². The molecular formula is C20H18BrN3O3. The summed E-state index contributed by atoms with van der Waals surface area (Å²) >= 11 is 3.36. The van der Waals surface area contributed by atoms with Gasteiger partial charge in [0.15, 0.2) is 0 Å². The fourth-order valence-corrected chi connectivity index (χ4v) is 2.98. The Morgan fingerprint density at radius 1 is 1.19 bits per heavy atom. The maximum absolute atomic E-state index is 12.3. The lowest BCUT2D eigenvalue weighted by atomic mass is 10.1. The average molecular weight is 428 g/mol. The Kier molecular flexibility index (Phi) is 6.03. The molecule has 0 unspecified atom stereocenters. The van der Waals surface area contributed by atoms with E-state index in [1.807, 2.05) is 30.3 Å². The molecule has 0 aliphatic carbocycles. The first-order valence-corrected chi connectivity index (χ1v) is 9.11. The van der Waals surface area contributed by atoms with Crippen LogP contribution in [-0.2, 0) is 6.54 Å². The normalized spacial score (nSPS) is 10.4. The van der Waals surface area contributed by atoms with E-state index in [2.05, 4.69) is 26.2 Å². The number of amides is 1. The lowest BCUT2D eigenvalue weighted by molar-refractivity contribution is 0.0951. The Hall–Kier alpha value is -2.93. The molecule has 0 atom stereocenters. The molecule has 27 heavy (non-hydrogen) atoms. The highest BCUT2D eigenvalue weighted by molar-refractivity contribution is 9.10. The molecule has 138 valence electrons. The molecule has 0 fully saturated rings. The van der Waals surface area contributed by atoms with Crippen LogP contribution in [-0.4, -0.2) is 29.1 Å². The summed E-state index contributed by atoms with van der Waals surface area (Å²) in [5.41, 5.74) is 1.82. The van der Waals surface area contributed by atoms with Gasteiger partial charge in [-0.3, -0.25) is 14.2 Å². The fraction of sp³-hybridized carbons (Fsp3) is 0.150. The quantitative estimate of drug-likeness (QED) is 0.655. The van der Waals surface area contributed by atoms with Crippen LogP contribution < -0.4 is 15.6 Å². The van der Waals surface area contributed by atoms with E-state index in [1.54, 1.807) is 25.3 Å². The molecule has 0 aliphatic rings. The second-order valence-electron chi connectivity index (χ2n) is 5.77. The van der Waals surface area contributed by atoms with E-state index in [0.29, 0.717) is 34.6 Å². The van der Waals surface area contributed by atoms with Crippen molar-refractivity contribution in [2.24, 2.45) is 0 Å². The van der Waals surface area contributed by atoms with Crippen molar-refractivity contribution in [3.8, 4) is 17.0 Å². The van der Waals surface area contributed by atoms with Crippen molar-refractivity contribution in [3.05, 3.63) is 81.3 Å². The highest BCUT2D eigenvalue weighted by Gasteiger charge is 2.11. The molecular weight excluding hydrogens is 410 g/mol. The lowest BCUT2D eigenvalue weighted by Gasteiger charge is -2.10. The molecule has 3 aromatic rings. The number of nitrogens with zero attached hydrogens (tertiary/aromatic N) is 2. The molecule has 1 amide bonds. The largest absolute Gasteiger partial charge is 0.497 e. The van der Waals surface area contributed by atoms with Gasteiger partial charge >= 0.3 is 0 Å². The fourth-order valence-electron chi connectivity index (χ4n) is 2.55. The minimum absolute atomic E-state index is 0.166. The van der Waals surface area contributed by atoms with E-state index in [0.717, 1.165) is 5.56 Å². The number of aromatic nitrogens is 2. The van der Waals surface area contributed by atoms with Crippen LogP contribution in [0.4, 0.5) is 0 Å². The standard InChI is InChI=1S/C20H18BrN3O3/c1-27-15-7-8-17(21)16(11-15)20(26)22-9-10-24-13-23-18(12-19(24)25)14-5-3-2-4-6-14/h2-8,11-13H,9-10H2,1H3,(H,22,26). The summed E-state index contributed by atoms with van der Waals surface area (Å²) in [5, 5.41) is 2.80. The smallest absolute Gasteiger partial charge is 0.253 e. The molecule has 0 saturated heterocycles. The van der Waals surface area contributed by atoms with Crippen LogP contribution >= 0.6 is 15.9 Å². The van der Waals surface area contributed by atoms with Gasteiger partial charge in [-0.25, -0.2) is 4.98 Å². The zero-order chi connectivity index (χ0) is 19.2. The van der Waals surface area contributed by atoms with Crippen molar-refractivity contribution in [2.75, 3.05) is 13.7 Å². The van der Waals surface area contributed by atoms with E-state index < -0.39 is 0 Å². The summed E-state index contributed by atoms with van der Waals surface area (Å²) in [6, 6.07) is 16.2. The third kappa shape index (κ3) is 4.62. The molecule has 1 heterocycles. The number of benzene rings is 2. The van der Waals surface area contributed by atoms with Gasteiger partial charge in [0.2, 0.25) is 0 Å². The zero-order valence-electron chi connectivity index (χ0n) is 14.7. The summed E-state index contributed by atoms with van der Waals surface area (Å²) in [5.74, 6) is 0.350. The molecule has 0 radical (unpaired) electrons. The minimum Gasteiger partial charge on any atom is -0.497 e. The number of carbonyl (C=O) groups excluding carboxylic acids is 1. The first kappa shape index (κ1) is 18.8. The summed E-state index contributed by atoms with van der Waals surface area (Å²) in [7, 11) is 1.55. The van der Waals surface area contributed by atoms with Crippen LogP contribution in [0.1, 0.15) is 10.4 Å². The number of nitrogens with one attached hydrogen (secondary N) is 1. The van der Waals surface area contributed by atoms with Gasteiger partial charge in [0.25, 0.3) is 11.5 Å². The van der Waals surface area contributed by atoms with Crippen LogP contribution in [0.15, 0.2) is 70.2 Å². The Labute approximate surface area is 165 Å². The monoisotopic (exact) mass is 427 g/mol.